The molecule has 0 spiro atoms. The van der Waals surface area contributed by atoms with Gasteiger partial charge in [0.05, 0.1) is 20.5 Å². The van der Waals surface area contributed by atoms with E-state index in [1.807, 2.05) is 0 Å². The Kier molecular flexibility index (Phi) is 9.10. The molecular weight excluding hydrogens is 560 g/mol. The lowest BCUT2D eigenvalue weighted by atomic mass is 10.0. The van der Waals surface area contributed by atoms with Gasteiger partial charge in [0, 0.05) is 18.7 Å². The van der Waals surface area contributed by atoms with Crippen molar-refractivity contribution in [1.29, 1.82) is 0 Å². The first-order chi connectivity index (χ1) is 17.3. The number of aliphatic carboxylic acids is 1. The topological polar surface area (TPSA) is 138 Å². The average molecular weight is 581 g/mol. The predicted octanol–water partition coefficient (Wildman–Crippen LogP) is 4.65. The van der Waals surface area contributed by atoms with Crippen molar-refractivity contribution in [1.82, 2.24) is 5.32 Å². The van der Waals surface area contributed by atoms with Crippen molar-refractivity contribution in [2.45, 2.75) is 17.4 Å². The summed E-state index contributed by atoms with van der Waals surface area (Å²) in [6.07, 6.45) is 2.36. The molecule has 12 heteroatoms. The Bertz CT molecular complexity index is 1500. The molecule has 3 aromatic carbocycles. The zero-order valence-corrected chi connectivity index (χ0v) is 22.5. The summed E-state index contributed by atoms with van der Waals surface area (Å²) in [6, 6.07) is 13.2. The van der Waals surface area contributed by atoms with Crippen molar-refractivity contribution >= 4 is 64.1 Å². The Balaban J connectivity index is 1.78. The Morgan fingerprint density at radius 1 is 1.05 bits per heavy atom. The number of phenolic OH excluding ortho intramolecular Hbond substituents is 1. The van der Waals surface area contributed by atoms with Crippen LogP contribution in [0.25, 0.3) is 6.08 Å². The molecule has 0 aromatic heterocycles. The maximum absolute atomic E-state index is 12.9. The van der Waals surface area contributed by atoms with Crippen LogP contribution in [0.15, 0.2) is 71.4 Å². The van der Waals surface area contributed by atoms with Crippen LogP contribution in [0.5, 0.6) is 5.75 Å². The number of carbonyl (C=O) groups is 2. The first kappa shape index (κ1) is 28.3. The molecule has 0 bridgehead atoms. The van der Waals surface area contributed by atoms with Gasteiger partial charge in [0.25, 0.3) is 5.91 Å². The number of carboxylic acids is 1. The molecule has 3 aromatic rings. The summed E-state index contributed by atoms with van der Waals surface area (Å²) >= 11 is 12.6. The third-order valence-electron chi connectivity index (χ3n) is 5.15. The number of halogens is 2. The third kappa shape index (κ3) is 7.63. The molecule has 0 saturated carbocycles. The molecular formula is C25H21Cl2NO7PS+. The summed E-state index contributed by atoms with van der Waals surface area (Å²) in [5, 5.41) is 21.8. The van der Waals surface area contributed by atoms with Crippen LogP contribution in [0.4, 0.5) is 0 Å². The highest BCUT2D eigenvalue weighted by Crippen LogP contribution is 2.30. The van der Waals surface area contributed by atoms with Crippen molar-refractivity contribution in [2.24, 2.45) is 0 Å². The van der Waals surface area contributed by atoms with Crippen molar-refractivity contribution < 1.29 is 32.8 Å². The van der Waals surface area contributed by atoms with Crippen LogP contribution in [-0.2, 0) is 25.6 Å². The number of aromatic hydroxyl groups is 1. The molecule has 192 valence electrons. The van der Waals surface area contributed by atoms with Gasteiger partial charge in [-0.3, -0.25) is 4.79 Å². The normalized spacial score (nSPS) is 12.8. The molecule has 0 heterocycles. The van der Waals surface area contributed by atoms with Gasteiger partial charge in [-0.25, -0.2) is 13.2 Å². The number of sulfone groups is 1. The van der Waals surface area contributed by atoms with E-state index < -0.39 is 35.6 Å². The zero-order valence-electron chi connectivity index (χ0n) is 19.3. The van der Waals surface area contributed by atoms with E-state index in [-0.39, 0.29) is 32.7 Å². The van der Waals surface area contributed by atoms with Gasteiger partial charge in [-0.05, 0) is 53.6 Å². The Hall–Kier alpha value is -3.23. The summed E-state index contributed by atoms with van der Waals surface area (Å²) < 4.78 is 36.0. The van der Waals surface area contributed by atoms with E-state index in [0.29, 0.717) is 16.4 Å². The minimum absolute atomic E-state index is 0.0153. The average Bonchev–Trinajstić information content (AvgIpc) is 2.81. The van der Waals surface area contributed by atoms with Gasteiger partial charge >= 0.3 is 13.8 Å². The standard InChI is InChI=1S/C25H20Cl2NO7PS/c1-37(34,35)19-7-2-4-15(10-19)13-22(25(31)32)28-24(30)23-20(26)11-16(12-21(23)27)8-9-36(33)18-6-3-5-17(29)14-18/h2-12,14,22H,13H2,1H3,(H2-,28,29,30,31,32)/p+1/b9-8+/t22-/m0/s1. The fourth-order valence-corrected chi connectivity index (χ4v) is 5.68. The fourth-order valence-electron chi connectivity index (χ4n) is 3.35. The molecule has 1 unspecified atom stereocenters. The number of hydrogen-bond acceptors (Lipinski definition) is 6. The highest BCUT2D eigenvalue weighted by atomic mass is 35.5. The summed E-state index contributed by atoms with van der Waals surface area (Å²) in [5.74, 6) is -0.779. The predicted molar refractivity (Wildman–Crippen MR) is 143 cm³/mol. The molecule has 0 saturated heterocycles. The van der Waals surface area contributed by atoms with E-state index in [9.17, 15) is 32.8 Å². The highest BCUT2D eigenvalue weighted by molar-refractivity contribution is 7.90. The molecule has 3 N–H and O–H groups in total. The van der Waals surface area contributed by atoms with E-state index in [1.165, 1.54) is 54.4 Å². The van der Waals surface area contributed by atoms with Crippen LogP contribution >= 0.6 is 31.0 Å². The fraction of sp³-hybridized carbons (Fsp3) is 0.120. The van der Waals surface area contributed by atoms with Gasteiger partial charge in [0.15, 0.2) is 21.0 Å². The molecule has 0 aliphatic rings. The summed E-state index contributed by atoms with van der Waals surface area (Å²) in [5.41, 5.74) is 0.700. The minimum atomic E-state index is -3.50. The molecule has 8 nitrogen and oxygen atoms in total. The van der Waals surface area contributed by atoms with Crippen molar-refractivity contribution in [3.05, 3.63) is 93.2 Å². The SMILES string of the molecule is CS(=O)(=O)c1cccc(C[C@H](NC(=O)c2c(Cl)cc(/C=C/[P+](=O)c3cccc(O)c3)cc2Cl)C(=O)O)c1. The van der Waals surface area contributed by atoms with Crippen LogP contribution in [0.2, 0.25) is 10.0 Å². The minimum Gasteiger partial charge on any atom is -0.508 e. The van der Waals surface area contributed by atoms with E-state index in [1.54, 1.807) is 18.2 Å². The number of benzene rings is 3. The van der Waals surface area contributed by atoms with Gasteiger partial charge < -0.3 is 15.5 Å². The molecule has 1 amide bonds. The Labute approximate surface area is 224 Å². The monoisotopic (exact) mass is 580 g/mol. The van der Waals surface area contributed by atoms with Gasteiger partial charge in [0.1, 0.15) is 11.8 Å². The maximum atomic E-state index is 12.9. The maximum Gasteiger partial charge on any atom is 0.407 e. The van der Waals surface area contributed by atoms with Crippen molar-refractivity contribution in [3.63, 3.8) is 0 Å². The van der Waals surface area contributed by atoms with E-state index in [4.69, 9.17) is 23.2 Å². The largest absolute Gasteiger partial charge is 0.508 e. The summed E-state index contributed by atoms with van der Waals surface area (Å²) in [6.45, 7) is 0. The molecule has 0 aliphatic carbocycles. The second kappa shape index (κ2) is 11.9. The number of hydrogen-bond donors (Lipinski definition) is 3. The van der Waals surface area contributed by atoms with E-state index >= 15 is 0 Å². The smallest absolute Gasteiger partial charge is 0.407 e. The van der Waals surface area contributed by atoms with E-state index in [2.05, 4.69) is 5.32 Å². The number of phenols is 1. The number of amides is 1. The quantitative estimate of drug-likeness (QED) is 0.313. The van der Waals surface area contributed by atoms with Gasteiger partial charge in [0.2, 0.25) is 0 Å². The van der Waals surface area contributed by atoms with Crippen molar-refractivity contribution in [2.75, 3.05) is 6.26 Å². The zero-order chi connectivity index (χ0) is 27.3. The first-order valence-corrected chi connectivity index (χ1v) is 14.6. The lowest BCUT2D eigenvalue weighted by Crippen LogP contribution is -2.42. The molecule has 3 rings (SSSR count). The Morgan fingerprint density at radius 2 is 1.70 bits per heavy atom. The highest BCUT2D eigenvalue weighted by Gasteiger charge is 2.25. The van der Waals surface area contributed by atoms with Crippen LogP contribution in [0.3, 0.4) is 0 Å². The van der Waals surface area contributed by atoms with Crippen molar-refractivity contribution in [3.8, 4) is 5.75 Å². The number of carbonyl (C=O) groups excluding carboxylic acids is 1. The lowest BCUT2D eigenvalue weighted by Gasteiger charge is -2.16. The van der Waals surface area contributed by atoms with Crippen LogP contribution in [-0.4, -0.2) is 42.8 Å². The van der Waals surface area contributed by atoms with Gasteiger partial charge in [-0.15, -0.1) is 0 Å². The number of rotatable bonds is 9. The Morgan fingerprint density at radius 3 is 2.30 bits per heavy atom. The lowest BCUT2D eigenvalue weighted by molar-refractivity contribution is -0.139. The van der Waals surface area contributed by atoms with Crippen LogP contribution < -0.4 is 10.6 Å². The van der Waals surface area contributed by atoms with Gasteiger partial charge in [-0.2, -0.15) is 0 Å². The molecule has 0 aliphatic heterocycles. The molecule has 0 radical (unpaired) electrons. The first-order valence-electron chi connectivity index (χ1n) is 10.6. The second-order valence-electron chi connectivity index (χ2n) is 8.01. The van der Waals surface area contributed by atoms with Crippen LogP contribution in [0.1, 0.15) is 21.5 Å². The molecule has 0 fully saturated rings. The number of carboxylic acid groups (broad SMARTS) is 1. The van der Waals surface area contributed by atoms with Crippen LogP contribution in [0, 0.1) is 0 Å². The van der Waals surface area contributed by atoms with Gasteiger partial charge in [-0.1, -0.05) is 46.0 Å². The molecule has 37 heavy (non-hydrogen) atoms. The van der Waals surface area contributed by atoms with E-state index in [0.717, 1.165) is 6.26 Å². The summed E-state index contributed by atoms with van der Waals surface area (Å²) in [4.78, 5) is 24.7. The third-order valence-corrected chi connectivity index (χ3v) is 8.06. The summed E-state index contributed by atoms with van der Waals surface area (Å²) in [7, 11) is -5.46. The second-order valence-corrected chi connectivity index (χ2v) is 12.3. The molecule has 2 atom stereocenters. The number of nitrogens with one attached hydrogen (secondary N) is 1.